The molecule has 0 radical (unpaired) electrons. The number of H-pyrrole nitrogens is 1. The Morgan fingerprint density at radius 2 is 1.65 bits per heavy atom. The third-order valence-electron chi connectivity index (χ3n) is 2.82. The number of ether oxygens (including phenoxy) is 2. The van der Waals surface area contributed by atoms with Crippen LogP contribution in [-0.4, -0.2) is 50.1 Å². The van der Waals surface area contributed by atoms with E-state index < -0.39 is 0 Å². The molecule has 1 aromatic rings. The zero-order chi connectivity index (χ0) is 15.3. The van der Waals surface area contributed by atoms with Gasteiger partial charge in [0.15, 0.2) is 0 Å². The average Bonchev–Trinajstić information content (AvgIpc) is 2.65. The Labute approximate surface area is 117 Å². The van der Waals surface area contributed by atoms with E-state index in [4.69, 9.17) is 4.74 Å². The molecular formula is C14H20N2O4. The molecule has 0 saturated carbocycles. The number of esters is 2. The third kappa shape index (κ3) is 3.88. The zero-order valence-corrected chi connectivity index (χ0v) is 12.3. The van der Waals surface area contributed by atoms with Crippen LogP contribution < -0.4 is 10.7 Å². The van der Waals surface area contributed by atoms with Crippen LogP contribution in [0, 0.1) is 0 Å². The molecule has 1 aromatic heterocycles. The lowest BCUT2D eigenvalue weighted by molar-refractivity contribution is -0.141. The predicted octanol–water partition coefficient (Wildman–Crippen LogP) is -0.844. The third-order valence-corrected chi connectivity index (χ3v) is 2.82. The lowest BCUT2D eigenvalue weighted by Gasteiger charge is -2.05. The maximum absolute atomic E-state index is 11.5. The highest BCUT2D eigenvalue weighted by Gasteiger charge is 2.16. The molecule has 0 aliphatic rings. The molecule has 0 spiro atoms. The van der Waals surface area contributed by atoms with Gasteiger partial charge in [-0.3, -0.25) is 9.59 Å². The Bertz CT molecular complexity index is 601. The Morgan fingerprint density at radius 1 is 1.15 bits per heavy atom. The molecule has 6 nitrogen and oxygen atoms in total. The topological polar surface area (TPSA) is 71.6 Å². The van der Waals surface area contributed by atoms with Crippen LogP contribution in [0.4, 0.5) is 0 Å². The van der Waals surface area contributed by atoms with Crippen LogP contribution in [0.25, 0.3) is 12.8 Å². The van der Waals surface area contributed by atoms with E-state index in [0.717, 1.165) is 5.35 Å². The molecule has 6 heteroatoms. The molecule has 0 atom stereocenters. The van der Waals surface area contributed by atoms with Gasteiger partial charge in [-0.2, -0.15) is 0 Å². The largest absolute Gasteiger partial charge is 0.469 e. The van der Waals surface area contributed by atoms with Crippen LogP contribution in [0.5, 0.6) is 0 Å². The predicted molar refractivity (Wildman–Crippen MR) is 75.2 cm³/mol. The molecule has 110 valence electrons. The molecule has 1 N–H and O–H groups in total. The van der Waals surface area contributed by atoms with Crippen molar-refractivity contribution >= 4 is 24.7 Å². The number of carbonyl (C=O) groups excluding carboxylic acids is 2. The van der Waals surface area contributed by atoms with E-state index in [9.17, 15) is 9.59 Å². The van der Waals surface area contributed by atoms with Gasteiger partial charge in [-0.15, -0.1) is 0 Å². The van der Waals surface area contributed by atoms with Gasteiger partial charge >= 0.3 is 11.9 Å². The second-order valence-electron chi connectivity index (χ2n) is 4.57. The lowest BCUT2D eigenvalue weighted by Crippen LogP contribution is -2.19. The van der Waals surface area contributed by atoms with E-state index in [0.29, 0.717) is 16.5 Å². The van der Waals surface area contributed by atoms with Crippen LogP contribution in [-0.2, 0) is 31.9 Å². The summed E-state index contributed by atoms with van der Waals surface area (Å²) in [6, 6.07) is 0. The molecule has 0 bridgehead atoms. The maximum Gasteiger partial charge on any atom is 0.310 e. The molecule has 1 rings (SSSR count). The van der Waals surface area contributed by atoms with Gasteiger partial charge < -0.3 is 19.4 Å². The van der Waals surface area contributed by atoms with Gasteiger partial charge in [0.25, 0.3) is 0 Å². The molecule has 0 amide bonds. The Kier molecular flexibility index (Phi) is 5.37. The summed E-state index contributed by atoms with van der Waals surface area (Å²) >= 11 is 0. The van der Waals surface area contributed by atoms with Crippen LogP contribution in [0.1, 0.15) is 11.1 Å². The molecule has 0 aliphatic heterocycles. The van der Waals surface area contributed by atoms with E-state index in [1.165, 1.54) is 14.2 Å². The molecule has 0 aliphatic carbocycles. The van der Waals surface area contributed by atoms with Crippen molar-refractivity contribution in [3.8, 4) is 0 Å². The summed E-state index contributed by atoms with van der Waals surface area (Å²) < 4.78 is 9.36. The first-order valence-electron chi connectivity index (χ1n) is 6.09. The smallest absolute Gasteiger partial charge is 0.310 e. The number of nitrogens with zero attached hydrogens (tertiary/aromatic N) is 1. The van der Waals surface area contributed by atoms with Crippen molar-refractivity contribution in [2.24, 2.45) is 0 Å². The van der Waals surface area contributed by atoms with E-state index >= 15 is 0 Å². The summed E-state index contributed by atoms with van der Waals surface area (Å²) in [7, 11) is 6.39. The normalized spacial score (nSPS) is 11.3. The quantitative estimate of drug-likeness (QED) is 0.712. The molecular weight excluding hydrogens is 260 g/mol. The van der Waals surface area contributed by atoms with Crippen molar-refractivity contribution < 1.29 is 19.1 Å². The minimum atomic E-state index is -0.378. The van der Waals surface area contributed by atoms with E-state index in [2.05, 4.69) is 16.3 Å². The number of hydrogen-bond acceptors (Lipinski definition) is 5. The van der Waals surface area contributed by atoms with Gasteiger partial charge in [-0.1, -0.05) is 6.58 Å². The minimum absolute atomic E-state index is 0.0689. The summed E-state index contributed by atoms with van der Waals surface area (Å²) in [5.41, 5.74) is 1.39. The fraction of sp³-hybridized carbons (Fsp3) is 0.429. The van der Waals surface area contributed by atoms with Crippen molar-refractivity contribution in [2.75, 3.05) is 28.3 Å². The van der Waals surface area contributed by atoms with Gasteiger partial charge in [0.2, 0.25) is 0 Å². The molecule has 0 saturated heterocycles. The summed E-state index contributed by atoms with van der Waals surface area (Å²) in [6.45, 7) is 3.88. The van der Waals surface area contributed by atoms with Crippen molar-refractivity contribution in [1.82, 2.24) is 9.88 Å². The van der Waals surface area contributed by atoms with Gasteiger partial charge in [0.05, 0.1) is 32.4 Å². The van der Waals surface area contributed by atoms with Crippen LogP contribution in [0.3, 0.4) is 0 Å². The summed E-state index contributed by atoms with van der Waals surface area (Å²) in [5.74, 6) is -0.750. The number of nitrogens with one attached hydrogen (secondary N) is 1. The van der Waals surface area contributed by atoms with Crippen LogP contribution >= 0.6 is 0 Å². The maximum atomic E-state index is 11.5. The number of hydrogen-bond donors (Lipinski definition) is 1. The summed E-state index contributed by atoms with van der Waals surface area (Å²) in [4.78, 5) is 27.9. The number of carbonyl (C=O) groups is 2. The summed E-state index contributed by atoms with van der Waals surface area (Å²) in [6.07, 6.45) is 1.97. The Morgan fingerprint density at radius 3 is 2.10 bits per heavy atom. The van der Waals surface area contributed by atoms with Crippen molar-refractivity contribution in [3.63, 3.8) is 0 Å². The summed E-state index contributed by atoms with van der Waals surface area (Å²) in [5, 5.41) is 1.34. The van der Waals surface area contributed by atoms with E-state index in [-0.39, 0.29) is 24.8 Å². The van der Waals surface area contributed by atoms with Gasteiger partial charge in [0, 0.05) is 25.6 Å². The van der Waals surface area contributed by atoms with Crippen molar-refractivity contribution in [2.45, 2.75) is 12.8 Å². The number of aromatic amines is 1. The SMILES string of the molecule is C=c1[nH]c(=CN(C)C)c(CC(=O)OC)c1CC(=O)OC. The van der Waals surface area contributed by atoms with E-state index in [1.807, 2.05) is 25.2 Å². The van der Waals surface area contributed by atoms with Crippen molar-refractivity contribution in [1.29, 1.82) is 0 Å². The van der Waals surface area contributed by atoms with Gasteiger partial charge in [-0.25, -0.2) is 0 Å². The first-order chi connectivity index (χ1) is 9.38. The van der Waals surface area contributed by atoms with Gasteiger partial charge in [-0.05, 0) is 11.1 Å². The first-order valence-corrected chi connectivity index (χ1v) is 6.09. The first kappa shape index (κ1) is 15.8. The van der Waals surface area contributed by atoms with E-state index in [1.54, 1.807) is 0 Å². The lowest BCUT2D eigenvalue weighted by atomic mass is 10.1. The fourth-order valence-electron chi connectivity index (χ4n) is 1.87. The average molecular weight is 280 g/mol. The van der Waals surface area contributed by atoms with Crippen LogP contribution in [0.15, 0.2) is 0 Å². The molecule has 20 heavy (non-hydrogen) atoms. The number of aromatic nitrogens is 1. The Hall–Kier alpha value is -2.24. The molecule has 0 fully saturated rings. The highest BCUT2D eigenvalue weighted by atomic mass is 16.5. The number of rotatable bonds is 5. The molecule has 0 aromatic carbocycles. The van der Waals surface area contributed by atoms with Crippen LogP contribution in [0.2, 0.25) is 0 Å². The molecule has 1 heterocycles. The zero-order valence-electron chi connectivity index (χ0n) is 12.3. The highest BCUT2D eigenvalue weighted by molar-refractivity contribution is 5.76. The highest BCUT2D eigenvalue weighted by Crippen LogP contribution is 2.03. The van der Waals surface area contributed by atoms with Gasteiger partial charge in [0.1, 0.15) is 0 Å². The Balaban J connectivity index is 3.34. The van der Waals surface area contributed by atoms with Crippen molar-refractivity contribution in [3.05, 3.63) is 21.8 Å². The second-order valence-corrected chi connectivity index (χ2v) is 4.57. The monoisotopic (exact) mass is 280 g/mol. The standard InChI is InChI=1S/C14H20N2O4/c1-9-10(6-13(17)19-4)11(7-14(18)20-5)12(15-9)8-16(2)3/h8,15H,1,6-7H2,2-5H3. The molecule has 0 unspecified atom stereocenters. The number of methoxy groups -OCH3 is 2. The fourth-order valence-corrected chi connectivity index (χ4v) is 1.87. The minimum Gasteiger partial charge on any atom is -0.469 e. The second kappa shape index (κ2) is 6.79.